The van der Waals surface area contributed by atoms with E-state index in [4.69, 9.17) is 5.73 Å². The lowest BCUT2D eigenvalue weighted by Gasteiger charge is -2.31. The highest BCUT2D eigenvalue weighted by Crippen LogP contribution is 2.41. The van der Waals surface area contributed by atoms with Crippen LogP contribution >= 0.6 is 15.9 Å². The third kappa shape index (κ3) is 1.75. The van der Waals surface area contributed by atoms with Crippen LogP contribution in [0.25, 0.3) is 0 Å². The third-order valence-corrected chi connectivity index (χ3v) is 2.83. The molecule has 0 saturated carbocycles. The van der Waals surface area contributed by atoms with Gasteiger partial charge in [-0.05, 0) is 22.0 Å². The van der Waals surface area contributed by atoms with Crippen LogP contribution < -0.4 is 10.6 Å². The molecule has 16 heavy (non-hydrogen) atoms. The quantitative estimate of drug-likeness (QED) is 0.797. The van der Waals surface area contributed by atoms with Crippen LogP contribution in [0.1, 0.15) is 12.0 Å². The van der Waals surface area contributed by atoms with Crippen LogP contribution in [0, 0.1) is 0 Å². The summed E-state index contributed by atoms with van der Waals surface area (Å²) in [6.07, 6.45) is 0.914. The van der Waals surface area contributed by atoms with E-state index in [1.807, 2.05) is 0 Å². The Labute approximate surface area is 98.6 Å². The number of halogens is 3. The Morgan fingerprint density at radius 2 is 2.31 bits per heavy atom. The minimum atomic E-state index is -2.97. The molecular formula is C9H8BrF2N3O. The second-order valence-electron chi connectivity index (χ2n) is 3.47. The number of rotatable bonds is 0. The Morgan fingerprint density at radius 1 is 1.62 bits per heavy atom. The lowest BCUT2D eigenvalue weighted by atomic mass is 10.0. The van der Waals surface area contributed by atoms with Gasteiger partial charge < -0.3 is 5.73 Å². The average molecular weight is 292 g/mol. The normalized spacial score (nSPS) is 18.1. The van der Waals surface area contributed by atoms with Crippen molar-refractivity contribution in [3.05, 3.63) is 22.3 Å². The Kier molecular flexibility index (Phi) is 2.57. The van der Waals surface area contributed by atoms with Gasteiger partial charge in [-0.25, -0.2) is 18.6 Å². The molecule has 0 bridgehead atoms. The van der Waals surface area contributed by atoms with Gasteiger partial charge in [0.15, 0.2) is 0 Å². The fourth-order valence-corrected chi connectivity index (χ4v) is 1.95. The number of nitrogens with zero attached hydrogens (tertiary/aromatic N) is 2. The number of hydrogen-bond donors (Lipinski definition) is 1. The number of aromatic nitrogens is 1. The molecule has 0 aliphatic carbocycles. The summed E-state index contributed by atoms with van der Waals surface area (Å²) in [5.74, 6) is -3.04. The van der Waals surface area contributed by atoms with E-state index in [2.05, 4.69) is 20.9 Å². The predicted molar refractivity (Wildman–Crippen MR) is 57.4 cm³/mol. The first-order valence-electron chi connectivity index (χ1n) is 4.52. The summed E-state index contributed by atoms with van der Waals surface area (Å²) in [5.41, 5.74) is 4.83. The minimum absolute atomic E-state index is 0.0630. The first-order chi connectivity index (χ1) is 7.42. The van der Waals surface area contributed by atoms with Crippen molar-refractivity contribution in [2.75, 3.05) is 11.4 Å². The van der Waals surface area contributed by atoms with Gasteiger partial charge in [0, 0.05) is 23.6 Å². The summed E-state index contributed by atoms with van der Waals surface area (Å²) in [4.78, 5) is 15.9. The standard InChI is InChI=1S/C9H8BrF2N3O/c10-5-3-6-7(14-4-5)15(8(13)16)2-1-9(6,11)12/h3-4H,1-2H2,(H2,13,16). The molecule has 0 aromatic carbocycles. The van der Waals surface area contributed by atoms with Gasteiger partial charge in [-0.2, -0.15) is 0 Å². The van der Waals surface area contributed by atoms with E-state index in [1.54, 1.807) is 0 Å². The van der Waals surface area contributed by atoms with E-state index in [0.29, 0.717) is 4.47 Å². The Bertz CT molecular complexity index is 452. The van der Waals surface area contributed by atoms with E-state index < -0.39 is 18.4 Å². The van der Waals surface area contributed by atoms with Crippen molar-refractivity contribution < 1.29 is 13.6 Å². The van der Waals surface area contributed by atoms with Gasteiger partial charge in [0.05, 0.1) is 5.56 Å². The number of primary amides is 1. The molecular weight excluding hydrogens is 284 g/mol. The highest BCUT2D eigenvalue weighted by molar-refractivity contribution is 9.10. The maximum atomic E-state index is 13.6. The maximum Gasteiger partial charge on any atom is 0.320 e. The largest absolute Gasteiger partial charge is 0.351 e. The Hall–Kier alpha value is -1.24. The van der Waals surface area contributed by atoms with Crippen LogP contribution in [0.3, 0.4) is 0 Å². The summed E-state index contributed by atoms with van der Waals surface area (Å²) < 4.78 is 27.6. The first kappa shape index (κ1) is 11.3. The zero-order valence-corrected chi connectivity index (χ0v) is 9.67. The molecule has 1 aliphatic rings. The van der Waals surface area contributed by atoms with Gasteiger partial charge in [0.1, 0.15) is 5.82 Å². The number of hydrogen-bond acceptors (Lipinski definition) is 2. The second-order valence-corrected chi connectivity index (χ2v) is 4.38. The molecule has 86 valence electrons. The lowest BCUT2D eigenvalue weighted by molar-refractivity contribution is -0.0148. The number of fused-ring (bicyclic) bond motifs is 1. The Balaban J connectivity index is 2.57. The number of carbonyl (C=O) groups excluding carboxylic acids is 1. The number of pyridine rings is 1. The molecule has 0 radical (unpaired) electrons. The number of anilines is 1. The molecule has 0 spiro atoms. The van der Waals surface area contributed by atoms with Crippen LogP contribution in [0.2, 0.25) is 0 Å². The van der Waals surface area contributed by atoms with Crippen LogP contribution in [0.15, 0.2) is 16.7 Å². The van der Waals surface area contributed by atoms with Gasteiger partial charge in [-0.1, -0.05) is 0 Å². The van der Waals surface area contributed by atoms with Gasteiger partial charge in [0.25, 0.3) is 5.92 Å². The van der Waals surface area contributed by atoms with Crippen molar-refractivity contribution in [1.82, 2.24) is 4.98 Å². The molecule has 2 rings (SSSR count). The molecule has 0 atom stereocenters. The number of urea groups is 1. The highest BCUT2D eigenvalue weighted by atomic mass is 79.9. The topological polar surface area (TPSA) is 59.2 Å². The van der Waals surface area contributed by atoms with E-state index in [-0.39, 0.29) is 17.9 Å². The first-order valence-corrected chi connectivity index (χ1v) is 5.32. The fourth-order valence-electron chi connectivity index (χ4n) is 1.62. The van der Waals surface area contributed by atoms with Crippen molar-refractivity contribution in [2.45, 2.75) is 12.3 Å². The molecule has 1 aromatic heterocycles. The molecule has 0 saturated heterocycles. The maximum absolute atomic E-state index is 13.6. The molecule has 2 heterocycles. The van der Waals surface area contributed by atoms with Crippen molar-refractivity contribution in [2.24, 2.45) is 5.73 Å². The van der Waals surface area contributed by atoms with E-state index >= 15 is 0 Å². The van der Waals surface area contributed by atoms with Gasteiger partial charge in [-0.3, -0.25) is 4.90 Å². The van der Waals surface area contributed by atoms with Crippen molar-refractivity contribution in [3.63, 3.8) is 0 Å². The molecule has 2 amide bonds. The molecule has 1 aliphatic heterocycles. The lowest BCUT2D eigenvalue weighted by Crippen LogP contribution is -2.43. The number of carbonyl (C=O) groups is 1. The average Bonchev–Trinajstić information content (AvgIpc) is 2.18. The molecule has 4 nitrogen and oxygen atoms in total. The molecule has 1 aromatic rings. The van der Waals surface area contributed by atoms with Crippen molar-refractivity contribution >= 4 is 27.8 Å². The van der Waals surface area contributed by atoms with Crippen molar-refractivity contribution in [3.8, 4) is 0 Å². The van der Waals surface area contributed by atoms with Crippen LogP contribution in [0.4, 0.5) is 19.4 Å². The van der Waals surface area contributed by atoms with E-state index in [1.165, 1.54) is 12.3 Å². The minimum Gasteiger partial charge on any atom is -0.351 e. The SMILES string of the molecule is NC(=O)N1CCC(F)(F)c2cc(Br)cnc21. The zero-order valence-electron chi connectivity index (χ0n) is 8.08. The molecule has 0 fully saturated rings. The summed E-state index contributed by atoms with van der Waals surface area (Å²) in [7, 11) is 0. The van der Waals surface area contributed by atoms with Crippen LogP contribution in [0.5, 0.6) is 0 Å². The molecule has 0 unspecified atom stereocenters. The third-order valence-electron chi connectivity index (χ3n) is 2.40. The van der Waals surface area contributed by atoms with Gasteiger partial charge >= 0.3 is 6.03 Å². The molecule has 7 heteroatoms. The summed E-state index contributed by atoms with van der Waals surface area (Å²) >= 11 is 3.07. The summed E-state index contributed by atoms with van der Waals surface area (Å²) in [6, 6.07) is 0.490. The summed E-state index contributed by atoms with van der Waals surface area (Å²) in [6.45, 7) is -0.121. The number of nitrogens with two attached hydrogens (primary N) is 1. The smallest absolute Gasteiger partial charge is 0.320 e. The number of alkyl halides is 2. The monoisotopic (exact) mass is 291 g/mol. The molecule has 2 N–H and O–H groups in total. The van der Waals surface area contributed by atoms with Crippen LogP contribution in [-0.2, 0) is 5.92 Å². The Morgan fingerprint density at radius 3 is 2.94 bits per heavy atom. The van der Waals surface area contributed by atoms with E-state index in [9.17, 15) is 13.6 Å². The van der Waals surface area contributed by atoms with Crippen molar-refractivity contribution in [1.29, 1.82) is 0 Å². The summed E-state index contributed by atoms with van der Waals surface area (Å²) in [5, 5.41) is 0. The highest BCUT2D eigenvalue weighted by Gasteiger charge is 2.41. The fraction of sp³-hybridized carbons (Fsp3) is 0.333. The van der Waals surface area contributed by atoms with Gasteiger partial charge in [0.2, 0.25) is 0 Å². The van der Waals surface area contributed by atoms with Gasteiger partial charge in [-0.15, -0.1) is 0 Å². The van der Waals surface area contributed by atoms with E-state index in [0.717, 1.165) is 4.90 Å². The number of amides is 2. The zero-order chi connectivity index (χ0) is 11.9. The van der Waals surface area contributed by atoms with Crippen LogP contribution in [-0.4, -0.2) is 17.6 Å². The second kappa shape index (κ2) is 3.65. The predicted octanol–water partition coefficient (Wildman–Crippen LogP) is 2.22.